The summed E-state index contributed by atoms with van der Waals surface area (Å²) >= 11 is 5.42. The van der Waals surface area contributed by atoms with Crippen molar-refractivity contribution in [2.75, 3.05) is 5.88 Å². The maximum absolute atomic E-state index is 9.26. The Morgan fingerprint density at radius 2 is 2.08 bits per heavy atom. The van der Waals surface area contributed by atoms with Crippen LogP contribution < -0.4 is 0 Å². The predicted octanol–water partition coefficient (Wildman–Crippen LogP) is 2.35. The average Bonchev–Trinajstić information content (AvgIpc) is 2.03. The average molecular weight is 185 g/mol. The molecule has 64 valence electrons. The highest BCUT2D eigenvalue weighted by Crippen LogP contribution is 2.23. The molecule has 1 rings (SSSR count). The number of allylic oxidation sites excluding steroid dienone is 1. The van der Waals surface area contributed by atoms with Crippen LogP contribution >= 0.6 is 11.6 Å². The van der Waals surface area contributed by atoms with Crippen molar-refractivity contribution in [2.45, 2.75) is 0 Å². The summed E-state index contributed by atoms with van der Waals surface area (Å²) in [5.74, 6) is 0.507. The molecule has 0 amide bonds. The van der Waals surface area contributed by atoms with Gasteiger partial charge in [-0.2, -0.15) is 0 Å². The summed E-state index contributed by atoms with van der Waals surface area (Å²) in [4.78, 5) is 0. The first kappa shape index (κ1) is 8.94. The van der Waals surface area contributed by atoms with Crippen molar-refractivity contribution in [1.82, 2.24) is 0 Å². The van der Waals surface area contributed by atoms with E-state index in [-0.39, 0.29) is 11.5 Å². The Morgan fingerprint density at radius 3 is 2.67 bits per heavy atom. The molecule has 0 aliphatic carbocycles. The predicted molar refractivity (Wildman–Crippen MR) is 49.5 cm³/mol. The van der Waals surface area contributed by atoms with Gasteiger partial charge in [-0.1, -0.05) is 12.2 Å². The quantitative estimate of drug-likeness (QED) is 0.693. The van der Waals surface area contributed by atoms with E-state index in [1.807, 2.05) is 0 Å². The molecule has 0 saturated heterocycles. The molecule has 0 atom stereocenters. The van der Waals surface area contributed by atoms with E-state index < -0.39 is 0 Å². The second kappa shape index (κ2) is 4.02. The molecule has 2 nitrogen and oxygen atoms in total. The minimum atomic E-state index is 0.0514. The van der Waals surface area contributed by atoms with E-state index in [9.17, 15) is 5.11 Å². The lowest BCUT2D eigenvalue weighted by molar-refractivity contribution is 0.450. The summed E-state index contributed by atoms with van der Waals surface area (Å²) in [5.41, 5.74) is 0.647. The van der Waals surface area contributed by atoms with Crippen molar-refractivity contribution in [3.05, 3.63) is 29.8 Å². The summed E-state index contributed by atoms with van der Waals surface area (Å²) in [6.07, 6.45) is 3.41. The number of benzene rings is 1. The van der Waals surface area contributed by atoms with Crippen LogP contribution in [0.4, 0.5) is 0 Å². The van der Waals surface area contributed by atoms with Crippen LogP contribution in [0.3, 0.4) is 0 Å². The molecular formula is C9H9ClO2. The highest BCUT2D eigenvalue weighted by molar-refractivity contribution is 6.19. The van der Waals surface area contributed by atoms with E-state index >= 15 is 0 Å². The lowest BCUT2D eigenvalue weighted by atomic mass is 10.2. The van der Waals surface area contributed by atoms with Crippen LogP contribution in [-0.4, -0.2) is 16.1 Å². The van der Waals surface area contributed by atoms with Crippen LogP contribution in [0.25, 0.3) is 6.08 Å². The number of phenols is 2. The Hall–Kier alpha value is -1.15. The van der Waals surface area contributed by atoms with E-state index in [1.165, 1.54) is 12.1 Å². The molecule has 2 N–H and O–H groups in total. The summed E-state index contributed by atoms with van der Waals surface area (Å²) < 4.78 is 0. The van der Waals surface area contributed by atoms with Crippen LogP contribution in [0.1, 0.15) is 5.56 Å². The molecule has 12 heavy (non-hydrogen) atoms. The number of halogens is 1. The maximum Gasteiger partial charge on any atom is 0.126 e. The minimum Gasteiger partial charge on any atom is -0.508 e. The van der Waals surface area contributed by atoms with Crippen LogP contribution in [-0.2, 0) is 0 Å². The molecule has 0 aliphatic rings. The van der Waals surface area contributed by atoms with Gasteiger partial charge in [0, 0.05) is 17.5 Å². The van der Waals surface area contributed by atoms with Crippen molar-refractivity contribution in [2.24, 2.45) is 0 Å². The summed E-state index contributed by atoms with van der Waals surface area (Å²) in [5, 5.41) is 18.2. The normalized spacial score (nSPS) is 10.8. The largest absolute Gasteiger partial charge is 0.508 e. The number of hydrogen-bond donors (Lipinski definition) is 2. The highest BCUT2D eigenvalue weighted by Gasteiger charge is 1.96. The first-order valence-corrected chi connectivity index (χ1v) is 4.02. The fraction of sp³-hybridized carbons (Fsp3) is 0.111. The van der Waals surface area contributed by atoms with Crippen molar-refractivity contribution >= 4 is 17.7 Å². The van der Waals surface area contributed by atoms with Crippen LogP contribution in [0.2, 0.25) is 0 Å². The highest BCUT2D eigenvalue weighted by atomic mass is 35.5. The van der Waals surface area contributed by atoms with E-state index in [0.29, 0.717) is 11.4 Å². The van der Waals surface area contributed by atoms with E-state index in [2.05, 4.69) is 0 Å². The molecule has 1 aromatic rings. The Morgan fingerprint density at radius 1 is 1.33 bits per heavy atom. The third-order valence-corrected chi connectivity index (χ3v) is 1.58. The van der Waals surface area contributed by atoms with E-state index in [4.69, 9.17) is 16.7 Å². The van der Waals surface area contributed by atoms with Gasteiger partial charge in [-0.25, -0.2) is 0 Å². The SMILES string of the molecule is Oc1ccc(C=CCCl)c(O)c1. The monoisotopic (exact) mass is 184 g/mol. The molecule has 0 heterocycles. The lowest BCUT2D eigenvalue weighted by Gasteiger charge is -1.98. The molecule has 1 aromatic carbocycles. The van der Waals surface area contributed by atoms with E-state index in [1.54, 1.807) is 18.2 Å². The lowest BCUT2D eigenvalue weighted by Crippen LogP contribution is -1.74. The molecule has 0 spiro atoms. The van der Waals surface area contributed by atoms with E-state index in [0.717, 1.165) is 0 Å². The fourth-order valence-electron chi connectivity index (χ4n) is 0.845. The number of rotatable bonds is 2. The molecule has 0 fully saturated rings. The van der Waals surface area contributed by atoms with Gasteiger partial charge in [0.2, 0.25) is 0 Å². The van der Waals surface area contributed by atoms with Crippen molar-refractivity contribution in [1.29, 1.82) is 0 Å². The molecule has 0 radical (unpaired) electrons. The van der Waals surface area contributed by atoms with Gasteiger partial charge in [-0.05, 0) is 12.1 Å². The fourth-order valence-corrected chi connectivity index (χ4v) is 0.934. The molecule has 0 aromatic heterocycles. The second-order valence-corrected chi connectivity index (χ2v) is 2.61. The van der Waals surface area contributed by atoms with Gasteiger partial charge in [-0.15, -0.1) is 11.6 Å². The first-order valence-electron chi connectivity index (χ1n) is 3.48. The zero-order valence-corrected chi connectivity index (χ0v) is 7.12. The number of aromatic hydroxyl groups is 2. The van der Waals surface area contributed by atoms with Crippen LogP contribution in [0.15, 0.2) is 24.3 Å². The zero-order valence-electron chi connectivity index (χ0n) is 6.37. The molecule has 0 aliphatic heterocycles. The number of alkyl halides is 1. The zero-order chi connectivity index (χ0) is 8.97. The van der Waals surface area contributed by atoms with Crippen molar-refractivity contribution in [3.63, 3.8) is 0 Å². The minimum absolute atomic E-state index is 0.0514. The third-order valence-electron chi connectivity index (χ3n) is 1.40. The van der Waals surface area contributed by atoms with Crippen LogP contribution in [0, 0.1) is 0 Å². The van der Waals surface area contributed by atoms with Gasteiger partial charge < -0.3 is 10.2 Å². The number of hydrogen-bond acceptors (Lipinski definition) is 2. The Balaban J connectivity index is 2.94. The third kappa shape index (κ3) is 2.17. The smallest absolute Gasteiger partial charge is 0.126 e. The molecule has 3 heteroatoms. The Bertz CT molecular complexity index is 295. The van der Waals surface area contributed by atoms with Gasteiger partial charge in [0.25, 0.3) is 0 Å². The number of phenolic OH excluding ortho intramolecular Hbond substituents is 2. The van der Waals surface area contributed by atoms with Gasteiger partial charge in [0.05, 0.1) is 0 Å². The van der Waals surface area contributed by atoms with Gasteiger partial charge in [0.1, 0.15) is 11.5 Å². The van der Waals surface area contributed by atoms with Crippen molar-refractivity contribution < 1.29 is 10.2 Å². The Labute approximate surface area is 75.7 Å². The summed E-state index contributed by atoms with van der Waals surface area (Å²) in [6.45, 7) is 0. The summed E-state index contributed by atoms with van der Waals surface area (Å²) in [7, 11) is 0. The van der Waals surface area contributed by atoms with Gasteiger partial charge >= 0.3 is 0 Å². The summed E-state index contributed by atoms with van der Waals surface area (Å²) in [6, 6.07) is 4.41. The molecule has 0 unspecified atom stereocenters. The second-order valence-electron chi connectivity index (χ2n) is 2.30. The molecule has 0 bridgehead atoms. The van der Waals surface area contributed by atoms with Gasteiger partial charge in [0.15, 0.2) is 0 Å². The Kier molecular flexibility index (Phi) is 3.00. The first-order chi connectivity index (χ1) is 5.74. The topological polar surface area (TPSA) is 40.5 Å². The maximum atomic E-state index is 9.26. The van der Waals surface area contributed by atoms with Gasteiger partial charge in [-0.3, -0.25) is 0 Å². The molecule has 0 saturated carbocycles. The molecular weight excluding hydrogens is 176 g/mol. The van der Waals surface area contributed by atoms with Crippen molar-refractivity contribution in [3.8, 4) is 11.5 Å². The standard InChI is InChI=1S/C9H9ClO2/c10-5-1-2-7-3-4-8(11)6-9(7)12/h1-4,6,11-12H,5H2. The van der Waals surface area contributed by atoms with Crippen LogP contribution in [0.5, 0.6) is 11.5 Å².